The van der Waals surface area contributed by atoms with Crippen molar-refractivity contribution in [2.45, 2.75) is 24.4 Å². The van der Waals surface area contributed by atoms with Crippen LogP contribution in [-0.2, 0) is 17.3 Å². The van der Waals surface area contributed by atoms with Crippen LogP contribution >= 0.6 is 25.5 Å². The Morgan fingerprint density at radius 1 is 0.414 bits per heavy atom. The third-order valence-electron chi connectivity index (χ3n) is 11.5. The van der Waals surface area contributed by atoms with Crippen LogP contribution in [0.5, 0.6) is 0 Å². The van der Waals surface area contributed by atoms with Gasteiger partial charge in [-0.05, 0) is 102 Å². The van der Waals surface area contributed by atoms with Gasteiger partial charge < -0.3 is 7.43 Å². The van der Waals surface area contributed by atoms with Gasteiger partial charge in [0.25, 0.3) is 0 Å². The number of hydrogen-bond donors (Lipinski definition) is 0. The van der Waals surface area contributed by atoms with Crippen molar-refractivity contribution >= 4 is 52.1 Å². The van der Waals surface area contributed by atoms with E-state index in [0.29, 0.717) is 29.3 Å². The Bertz CT molecular complexity index is 2100. The molecule has 0 aromatic heterocycles. The molecule has 2 aliphatic rings. The van der Waals surface area contributed by atoms with Crippen LogP contribution in [0, 0.1) is 25.2 Å². The molecule has 7 aromatic rings. The van der Waals surface area contributed by atoms with Crippen LogP contribution in [0.4, 0.5) is 0 Å². The van der Waals surface area contributed by atoms with Crippen LogP contribution in [-0.4, -0.2) is 0 Å². The second kappa shape index (κ2) is 22.8. The van der Waals surface area contributed by atoms with Gasteiger partial charge in [0.1, 0.15) is 21.6 Å². The summed E-state index contributed by atoms with van der Waals surface area (Å²) in [7, 11) is 2.54. The molecule has 0 amide bonds. The van der Waals surface area contributed by atoms with Gasteiger partial charge in [-0.2, -0.15) is 0 Å². The van der Waals surface area contributed by atoms with Gasteiger partial charge in [0.05, 0.1) is 26.5 Å². The molecule has 3 unspecified atom stereocenters. The number of rotatable bonds is 10. The Balaban J connectivity index is 0.000000218. The summed E-state index contributed by atoms with van der Waals surface area (Å²) in [6.07, 6.45) is 12.1. The monoisotopic (exact) mass is 900 g/mol. The molecule has 4 heteroatoms. The zero-order valence-corrected chi connectivity index (χ0v) is 37.5. The van der Waals surface area contributed by atoms with E-state index >= 15 is 0 Å². The molecular formula is C54H53ClP2Ru+2. The molecule has 0 heterocycles. The van der Waals surface area contributed by atoms with Crippen molar-refractivity contribution < 1.29 is 17.3 Å². The number of hydrogen-bond acceptors (Lipinski definition) is 0. The average molecular weight is 900 g/mol. The fraction of sp³-hybridized carbons (Fsp3) is 0.130. The summed E-state index contributed by atoms with van der Waals surface area (Å²) in [5, 5.41) is 7.30. The molecule has 0 saturated heterocycles. The molecule has 9 rings (SSSR count). The van der Waals surface area contributed by atoms with Gasteiger partial charge in [-0.25, -0.2) is 0 Å². The second-order valence-electron chi connectivity index (χ2n) is 14.7. The second-order valence-corrected chi connectivity index (χ2v) is 19.8. The summed E-state index contributed by atoms with van der Waals surface area (Å²) in [5.74, 6) is 2.36. The number of fused-ring (bicyclic) bond motifs is 1. The fourth-order valence-corrected chi connectivity index (χ4v) is 15.1. The first kappa shape index (κ1) is 43.4. The maximum absolute atomic E-state index is 4.57. The molecule has 0 N–H and O–H groups in total. The number of benzene rings is 7. The molecule has 0 bridgehead atoms. The zero-order valence-electron chi connectivity index (χ0n) is 33.0. The maximum atomic E-state index is 4.57. The molecule has 2 aliphatic carbocycles. The molecule has 1 saturated carbocycles. The van der Waals surface area contributed by atoms with Crippen molar-refractivity contribution in [1.82, 2.24) is 0 Å². The van der Waals surface area contributed by atoms with E-state index < -0.39 is 15.8 Å². The molecule has 5 atom stereocenters. The topological polar surface area (TPSA) is 0 Å². The molecule has 0 nitrogen and oxygen atoms in total. The average Bonchev–Trinajstić information content (AvgIpc) is 3.73. The van der Waals surface area contributed by atoms with Crippen molar-refractivity contribution in [2.75, 3.05) is 0 Å². The summed E-state index contributed by atoms with van der Waals surface area (Å²) in [4.78, 5) is 0. The minimum Gasteiger partial charge on any atom is -0.0620 e. The number of allylic oxidation sites excluding steroid dienone is 4. The van der Waals surface area contributed by atoms with Gasteiger partial charge in [0.2, 0.25) is 0 Å². The van der Waals surface area contributed by atoms with Gasteiger partial charge in [-0.3, -0.25) is 0 Å². The first-order valence-corrected chi connectivity index (χ1v) is 25.3. The van der Waals surface area contributed by atoms with Crippen molar-refractivity contribution in [2.24, 2.45) is 17.8 Å². The molecule has 292 valence electrons. The number of halogens is 1. The van der Waals surface area contributed by atoms with E-state index in [9.17, 15) is 0 Å². The smallest absolute Gasteiger partial charge is 0.0620 e. The largest absolute Gasteiger partial charge is 0.102 e. The van der Waals surface area contributed by atoms with Gasteiger partial charge in [0.15, 0.2) is 0 Å². The minimum absolute atomic E-state index is 0. The maximum Gasteiger partial charge on any atom is 0.102 e. The first-order valence-electron chi connectivity index (χ1n) is 19.9. The molecule has 1 fully saturated rings. The van der Waals surface area contributed by atoms with E-state index in [4.69, 9.17) is 0 Å². The van der Waals surface area contributed by atoms with Crippen molar-refractivity contribution in [1.29, 1.82) is 0 Å². The van der Waals surface area contributed by atoms with Gasteiger partial charge >= 0.3 is 27.0 Å². The van der Waals surface area contributed by atoms with E-state index in [-0.39, 0.29) is 7.43 Å². The van der Waals surface area contributed by atoms with Gasteiger partial charge in [-0.1, -0.05) is 176 Å². The van der Waals surface area contributed by atoms with E-state index in [2.05, 4.69) is 246 Å². The third kappa shape index (κ3) is 10.7. The zero-order chi connectivity index (χ0) is 39.1. The van der Waals surface area contributed by atoms with Crippen molar-refractivity contribution in [3.63, 3.8) is 0 Å². The van der Waals surface area contributed by atoms with E-state index in [1.807, 2.05) is 17.3 Å². The van der Waals surface area contributed by atoms with Crippen LogP contribution < -0.4 is 26.5 Å². The molecule has 58 heavy (non-hydrogen) atoms. The van der Waals surface area contributed by atoms with Crippen LogP contribution in [0.3, 0.4) is 0 Å². The molecular weight excluding hydrogens is 847 g/mol. The van der Waals surface area contributed by atoms with E-state index in [0.717, 1.165) is 0 Å². The van der Waals surface area contributed by atoms with Gasteiger partial charge in [-0.15, -0.1) is 0 Å². The molecule has 0 aliphatic heterocycles. The Labute approximate surface area is 364 Å². The van der Waals surface area contributed by atoms with Crippen LogP contribution in [0.2, 0.25) is 0 Å². The van der Waals surface area contributed by atoms with Crippen molar-refractivity contribution in [3.05, 3.63) is 255 Å². The summed E-state index contributed by atoms with van der Waals surface area (Å²) in [6.45, 7) is 0. The molecule has 0 spiro atoms. The third-order valence-corrected chi connectivity index (χ3v) is 17.4. The standard InChI is InChI=1S/C35H33P.C18H15P.CH3.ClH.Ru/c1-5-16-28(17-6-1)34(33-26-25-27-15-13-14-24-32(27)33)35(29-18-7-2-8-19-29)36(30-20-9-3-10-21-30)31-22-11-4-12-23-31;1-4-10-16(11-5-1)19(17-12-6-2-7-13-17)18-14-8-3-9-15-18;;;/h1-24,27,32-35H,25-26H2;1-15H;1H3;1H;/q;;-1;;+2/p+1/t27?,32?,33?,34-,35+;;;;/m1..../s1. The van der Waals surface area contributed by atoms with Crippen LogP contribution in [0.25, 0.3) is 0 Å². The first-order chi connectivity index (χ1) is 28.3. The summed E-state index contributed by atoms with van der Waals surface area (Å²) in [5.41, 5.74) is 3.40. The Morgan fingerprint density at radius 2 is 0.759 bits per heavy atom. The summed E-state index contributed by atoms with van der Waals surface area (Å²) in [6, 6.07) is 78.1. The predicted molar refractivity (Wildman–Crippen MR) is 256 cm³/mol. The van der Waals surface area contributed by atoms with E-state index in [1.54, 1.807) is 0 Å². The predicted octanol–water partition coefficient (Wildman–Crippen LogP) is 12.5. The fourth-order valence-electron chi connectivity index (χ4n) is 9.07. The minimum atomic E-state index is -1.15. The Hall–Kier alpha value is -4.21. The normalized spacial score (nSPS) is 17.4. The van der Waals surface area contributed by atoms with Crippen molar-refractivity contribution in [3.8, 4) is 0 Å². The van der Waals surface area contributed by atoms with Crippen LogP contribution in [0.1, 0.15) is 35.5 Å². The Morgan fingerprint density at radius 3 is 1.17 bits per heavy atom. The quantitative estimate of drug-likeness (QED) is 0.0729. The molecule has 7 aromatic carbocycles. The Kier molecular flexibility index (Phi) is 17.1. The molecule has 0 radical (unpaired) electrons. The van der Waals surface area contributed by atoms with Crippen LogP contribution in [0.15, 0.2) is 237 Å². The van der Waals surface area contributed by atoms with Gasteiger partial charge in [0, 0.05) is 5.92 Å². The van der Waals surface area contributed by atoms with E-state index in [1.165, 1.54) is 50.5 Å². The summed E-state index contributed by atoms with van der Waals surface area (Å²) < 4.78 is 0. The SMILES string of the molecule is C1=CC2CCC([C@@H](c3ccccc3)[C@H](c3ccccc3)[PH+](c3ccccc3)c3ccccc3)C2C=C1.[CH3-].[Cl][Ru+].c1ccc([PH+](c2ccccc2)c2ccccc2)cc1. The summed E-state index contributed by atoms with van der Waals surface area (Å²) >= 11 is 1.82.